The normalized spacial score (nSPS) is 16.0. The zero-order valence-electron chi connectivity index (χ0n) is 13.8. The van der Waals surface area contributed by atoms with Gasteiger partial charge in [0.1, 0.15) is 0 Å². The van der Waals surface area contributed by atoms with Gasteiger partial charge in [-0.05, 0) is 30.0 Å². The molecular weight excluding hydrogens is 240 g/mol. The van der Waals surface area contributed by atoms with E-state index in [4.69, 9.17) is 0 Å². The molecule has 20 heavy (non-hydrogen) atoms. The van der Waals surface area contributed by atoms with E-state index in [9.17, 15) is 0 Å². The molecule has 0 spiro atoms. The molecule has 0 bridgehead atoms. The Kier molecular flexibility index (Phi) is 6.01. The van der Waals surface area contributed by atoms with Crippen LogP contribution in [0.1, 0.15) is 57.7 Å². The number of fused-ring (bicyclic) bond motifs is 1. The highest BCUT2D eigenvalue weighted by Gasteiger charge is 2.31. The third kappa shape index (κ3) is 3.50. The van der Waals surface area contributed by atoms with Crippen LogP contribution in [0.15, 0.2) is 48.1 Å². The van der Waals surface area contributed by atoms with Crippen LogP contribution in [0.5, 0.6) is 0 Å². The summed E-state index contributed by atoms with van der Waals surface area (Å²) >= 11 is 0. The molecule has 1 aliphatic carbocycles. The maximum Gasteiger partial charge on any atom is 0.0152 e. The standard InChI is InChI=1S/C18H22.C2H6/c1-5-6-7-8-9-16-13-15-11-10-14(2)12-17(15)18(16,3)4;1-2/h6-13H,5H2,1-4H3;1-2H3/b7-6-,9-8-;. The topological polar surface area (TPSA) is 0 Å². The van der Waals surface area contributed by atoms with E-state index in [2.05, 4.69) is 76.3 Å². The Bertz CT molecular complexity index is 525. The van der Waals surface area contributed by atoms with Gasteiger partial charge in [-0.3, -0.25) is 0 Å². The number of hydrogen-bond acceptors (Lipinski definition) is 0. The molecule has 0 N–H and O–H groups in total. The van der Waals surface area contributed by atoms with Gasteiger partial charge in [-0.25, -0.2) is 0 Å². The first-order valence-corrected chi connectivity index (χ1v) is 7.72. The lowest BCUT2D eigenvalue weighted by Crippen LogP contribution is -2.16. The summed E-state index contributed by atoms with van der Waals surface area (Å²) in [4.78, 5) is 0. The van der Waals surface area contributed by atoms with Crippen molar-refractivity contribution in [2.45, 2.75) is 53.4 Å². The summed E-state index contributed by atoms with van der Waals surface area (Å²) in [6.45, 7) is 12.9. The summed E-state index contributed by atoms with van der Waals surface area (Å²) in [6, 6.07) is 6.73. The molecule has 1 aromatic carbocycles. The number of aryl methyl sites for hydroxylation is 1. The Hall–Kier alpha value is -1.56. The fourth-order valence-corrected chi connectivity index (χ4v) is 2.47. The first-order chi connectivity index (χ1) is 9.55. The van der Waals surface area contributed by atoms with Crippen molar-refractivity contribution in [3.05, 3.63) is 64.8 Å². The molecule has 0 heteroatoms. The van der Waals surface area contributed by atoms with Gasteiger partial charge in [0.25, 0.3) is 0 Å². The van der Waals surface area contributed by atoms with E-state index in [0.717, 1.165) is 6.42 Å². The maximum atomic E-state index is 2.31. The van der Waals surface area contributed by atoms with Gasteiger partial charge in [-0.2, -0.15) is 0 Å². The summed E-state index contributed by atoms with van der Waals surface area (Å²) in [5.41, 5.74) is 5.67. The second kappa shape index (κ2) is 7.28. The van der Waals surface area contributed by atoms with Gasteiger partial charge in [0.15, 0.2) is 0 Å². The summed E-state index contributed by atoms with van der Waals surface area (Å²) in [6.07, 6.45) is 12.1. The fraction of sp³-hybridized carbons (Fsp3) is 0.400. The summed E-state index contributed by atoms with van der Waals surface area (Å²) in [5.74, 6) is 0. The lowest BCUT2D eigenvalue weighted by molar-refractivity contribution is 0.654. The largest absolute Gasteiger partial charge is 0.0848 e. The molecule has 108 valence electrons. The van der Waals surface area contributed by atoms with Gasteiger partial charge < -0.3 is 0 Å². The fourth-order valence-electron chi connectivity index (χ4n) is 2.47. The monoisotopic (exact) mass is 268 g/mol. The summed E-state index contributed by atoms with van der Waals surface area (Å²) in [5, 5.41) is 0. The van der Waals surface area contributed by atoms with E-state index in [1.54, 1.807) is 0 Å². The Morgan fingerprint density at radius 3 is 2.45 bits per heavy atom. The van der Waals surface area contributed by atoms with Crippen LogP contribution in [0.4, 0.5) is 0 Å². The number of hydrogen-bond donors (Lipinski definition) is 0. The molecular formula is C20H28. The minimum Gasteiger partial charge on any atom is -0.0848 e. The molecule has 0 heterocycles. The average Bonchev–Trinajstić information content (AvgIpc) is 2.69. The van der Waals surface area contributed by atoms with E-state index in [-0.39, 0.29) is 5.41 Å². The van der Waals surface area contributed by atoms with Gasteiger partial charge in [0, 0.05) is 5.41 Å². The zero-order chi connectivity index (χ0) is 15.2. The molecule has 0 saturated carbocycles. The summed E-state index contributed by atoms with van der Waals surface area (Å²) in [7, 11) is 0. The van der Waals surface area contributed by atoms with E-state index in [0.29, 0.717) is 0 Å². The number of benzene rings is 1. The lowest BCUT2D eigenvalue weighted by Gasteiger charge is -2.23. The molecule has 0 unspecified atom stereocenters. The predicted octanol–water partition coefficient (Wildman–Crippen LogP) is 6.22. The highest BCUT2D eigenvalue weighted by Crippen LogP contribution is 2.42. The molecule has 0 radical (unpaired) electrons. The third-order valence-corrected chi connectivity index (χ3v) is 3.67. The van der Waals surface area contributed by atoms with Gasteiger partial charge in [-0.1, -0.05) is 88.8 Å². The van der Waals surface area contributed by atoms with Crippen molar-refractivity contribution in [3.63, 3.8) is 0 Å². The van der Waals surface area contributed by atoms with Crippen molar-refractivity contribution in [3.8, 4) is 0 Å². The zero-order valence-corrected chi connectivity index (χ0v) is 13.8. The SMILES string of the molecule is CC.CC/C=C\C=C/C1=Cc2ccc(C)cc2C1(C)C. The minimum absolute atomic E-state index is 0.123. The van der Waals surface area contributed by atoms with Crippen molar-refractivity contribution < 1.29 is 0 Å². The molecule has 1 aliphatic rings. The lowest BCUT2D eigenvalue weighted by atomic mass is 9.80. The van der Waals surface area contributed by atoms with Crippen LogP contribution in [-0.2, 0) is 5.41 Å². The van der Waals surface area contributed by atoms with Crippen molar-refractivity contribution in [2.24, 2.45) is 0 Å². The minimum atomic E-state index is 0.123. The Balaban J connectivity index is 0.000000956. The highest BCUT2D eigenvalue weighted by molar-refractivity contribution is 5.72. The van der Waals surface area contributed by atoms with Crippen LogP contribution in [0.2, 0.25) is 0 Å². The second-order valence-electron chi connectivity index (χ2n) is 5.51. The van der Waals surface area contributed by atoms with Gasteiger partial charge in [0.05, 0.1) is 0 Å². The van der Waals surface area contributed by atoms with Gasteiger partial charge in [-0.15, -0.1) is 0 Å². The van der Waals surface area contributed by atoms with Crippen molar-refractivity contribution >= 4 is 6.08 Å². The predicted molar refractivity (Wildman–Crippen MR) is 92.1 cm³/mol. The Morgan fingerprint density at radius 2 is 1.80 bits per heavy atom. The quantitative estimate of drug-likeness (QED) is 0.571. The summed E-state index contributed by atoms with van der Waals surface area (Å²) < 4.78 is 0. The number of allylic oxidation sites excluding steroid dienone is 5. The number of rotatable bonds is 3. The van der Waals surface area contributed by atoms with Crippen LogP contribution in [0, 0.1) is 6.92 Å². The van der Waals surface area contributed by atoms with Crippen molar-refractivity contribution in [1.82, 2.24) is 0 Å². The highest BCUT2D eigenvalue weighted by atomic mass is 14.3. The molecule has 0 saturated heterocycles. The maximum absolute atomic E-state index is 2.31. The molecule has 0 amide bonds. The second-order valence-corrected chi connectivity index (χ2v) is 5.51. The third-order valence-electron chi connectivity index (χ3n) is 3.67. The van der Waals surface area contributed by atoms with E-state index in [1.807, 2.05) is 13.8 Å². The van der Waals surface area contributed by atoms with Crippen molar-refractivity contribution in [1.29, 1.82) is 0 Å². The van der Waals surface area contributed by atoms with Gasteiger partial charge in [0.2, 0.25) is 0 Å². The van der Waals surface area contributed by atoms with E-state index in [1.165, 1.54) is 22.3 Å². The van der Waals surface area contributed by atoms with Crippen LogP contribution in [-0.4, -0.2) is 0 Å². The Morgan fingerprint density at radius 1 is 1.10 bits per heavy atom. The smallest absolute Gasteiger partial charge is 0.0152 e. The van der Waals surface area contributed by atoms with Crippen LogP contribution in [0.3, 0.4) is 0 Å². The molecule has 1 aromatic rings. The average molecular weight is 268 g/mol. The van der Waals surface area contributed by atoms with Gasteiger partial charge >= 0.3 is 0 Å². The van der Waals surface area contributed by atoms with E-state index < -0.39 is 0 Å². The molecule has 0 nitrogen and oxygen atoms in total. The molecule has 0 atom stereocenters. The Labute approximate surface area is 124 Å². The first-order valence-electron chi connectivity index (χ1n) is 7.72. The van der Waals surface area contributed by atoms with Crippen LogP contribution < -0.4 is 0 Å². The molecule has 0 aliphatic heterocycles. The van der Waals surface area contributed by atoms with E-state index >= 15 is 0 Å². The van der Waals surface area contributed by atoms with Crippen molar-refractivity contribution in [2.75, 3.05) is 0 Å². The molecule has 0 aromatic heterocycles. The molecule has 2 rings (SSSR count). The van der Waals surface area contributed by atoms with Crippen LogP contribution in [0.25, 0.3) is 6.08 Å². The molecule has 0 fully saturated rings. The van der Waals surface area contributed by atoms with Crippen LogP contribution >= 0.6 is 0 Å². The first kappa shape index (κ1) is 16.5.